The molecule has 10 nitrogen and oxygen atoms in total. The average molecular weight is 487 g/mol. The van der Waals surface area contributed by atoms with Crippen LogP contribution in [0.25, 0.3) is 10.8 Å². The third-order valence-corrected chi connectivity index (χ3v) is 6.05. The molecule has 2 atom stereocenters. The van der Waals surface area contributed by atoms with Crippen molar-refractivity contribution in [3.63, 3.8) is 0 Å². The Labute approximate surface area is 202 Å². The molecule has 0 heterocycles. The Morgan fingerprint density at radius 1 is 1.18 bits per heavy atom. The number of nitrogens with two attached hydrogens (primary N) is 1. The molecule has 0 saturated carbocycles. The van der Waals surface area contributed by atoms with Crippen LogP contribution in [0.1, 0.15) is 25.3 Å². The Kier molecular flexibility index (Phi) is 9.43. The summed E-state index contributed by atoms with van der Waals surface area (Å²) >= 11 is 0.949. The molecule has 11 heteroatoms. The summed E-state index contributed by atoms with van der Waals surface area (Å²) in [6.45, 7) is 3.07. The predicted octanol–water partition coefficient (Wildman–Crippen LogP) is 1.64. The molecule has 0 bridgehead atoms. The molecule has 34 heavy (non-hydrogen) atoms. The van der Waals surface area contributed by atoms with Gasteiger partial charge in [0.15, 0.2) is 5.12 Å². The first-order chi connectivity index (χ1) is 16.0. The molecule has 182 valence electrons. The van der Waals surface area contributed by atoms with Crippen molar-refractivity contribution in [1.82, 2.24) is 15.5 Å². The zero-order valence-corrected chi connectivity index (χ0v) is 20.7. The minimum absolute atomic E-state index is 0.0117. The number of methoxy groups -OCH3 is 1. The molecular weight excluding hydrogens is 456 g/mol. The summed E-state index contributed by atoms with van der Waals surface area (Å²) < 4.78 is 5.24. The number of nitrogens with one attached hydrogen (secondary N) is 3. The number of hydrogen-bond acceptors (Lipinski definition) is 6. The molecule has 2 rings (SSSR count). The molecule has 2 aromatic rings. The van der Waals surface area contributed by atoms with E-state index in [1.165, 1.54) is 11.8 Å². The van der Waals surface area contributed by atoms with E-state index in [1.807, 2.05) is 36.4 Å². The zero-order chi connectivity index (χ0) is 25.4. The van der Waals surface area contributed by atoms with Crippen molar-refractivity contribution in [2.45, 2.75) is 25.8 Å². The average Bonchev–Trinajstić information content (AvgIpc) is 2.79. The normalized spacial score (nSPS) is 13.0. The summed E-state index contributed by atoms with van der Waals surface area (Å²) in [7, 11) is 4.83. The van der Waals surface area contributed by atoms with Crippen LogP contribution in [0, 0.1) is 5.41 Å². The number of ether oxygens (including phenoxy) is 1. The summed E-state index contributed by atoms with van der Waals surface area (Å²) in [4.78, 5) is 42.2. The van der Waals surface area contributed by atoms with Crippen LogP contribution in [0.15, 0.2) is 41.4 Å². The summed E-state index contributed by atoms with van der Waals surface area (Å²) in [5.41, 5.74) is 6.52. The number of hydrogen-bond donors (Lipinski definition) is 4. The highest BCUT2D eigenvalue weighted by Gasteiger charge is 2.24. The molecule has 0 aromatic heterocycles. The van der Waals surface area contributed by atoms with Gasteiger partial charge in [0.2, 0.25) is 23.7 Å². The van der Waals surface area contributed by atoms with Gasteiger partial charge in [-0.3, -0.25) is 25.1 Å². The highest BCUT2D eigenvalue weighted by molar-refractivity contribution is 8.13. The Morgan fingerprint density at radius 3 is 2.44 bits per heavy atom. The molecule has 5 N–H and O–H groups in total. The molecule has 0 spiro atoms. The van der Waals surface area contributed by atoms with Gasteiger partial charge in [-0.25, -0.2) is 0 Å². The monoisotopic (exact) mass is 486 g/mol. The first kappa shape index (κ1) is 26.7. The van der Waals surface area contributed by atoms with E-state index in [0.717, 1.165) is 33.8 Å². The number of carbonyl (C=O) groups is 3. The fourth-order valence-corrected chi connectivity index (χ4v) is 3.90. The van der Waals surface area contributed by atoms with E-state index in [2.05, 4.69) is 15.6 Å². The second-order valence-corrected chi connectivity index (χ2v) is 8.81. The van der Waals surface area contributed by atoms with Crippen molar-refractivity contribution >= 4 is 51.4 Å². The van der Waals surface area contributed by atoms with E-state index in [-0.39, 0.29) is 22.8 Å². The van der Waals surface area contributed by atoms with Gasteiger partial charge in [0, 0.05) is 26.8 Å². The van der Waals surface area contributed by atoms with Crippen molar-refractivity contribution in [2.75, 3.05) is 27.0 Å². The lowest BCUT2D eigenvalue weighted by Gasteiger charge is -2.18. The highest BCUT2D eigenvalue weighted by Crippen LogP contribution is 2.28. The summed E-state index contributed by atoms with van der Waals surface area (Å²) in [5, 5.41) is 14.4. The molecule has 2 aromatic carbocycles. The van der Waals surface area contributed by atoms with Gasteiger partial charge in [-0.2, -0.15) is 4.99 Å². The van der Waals surface area contributed by atoms with Gasteiger partial charge in [0.1, 0.15) is 11.8 Å². The maximum absolute atomic E-state index is 12.9. The van der Waals surface area contributed by atoms with Crippen LogP contribution >= 0.6 is 11.8 Å². The van der Waals surface area contributed by atoms with Crippen LogP contribution in [-0.4, -0.2) is 66.7 Å². The summed E-state index contributed by atoms with van der Waals surface area (Å²) in [6, 6.07) is 10.5. The van der Waals surface area contributed by atoms with Crippen molar-refractivity contribution < 1.29 is 19.1 Å². The third kappa shape index (κ3) is 7.48. The lowest BCUT2D eigenvalue weighted by Crippen LogP contribution is -2.51. The van der Waals surface area contributed by atoms with E-state index in [4.69, 9.17) is 15.9 Å². The quantitative estimate of drug-likeness (QED) is 0.343. The number of fused-ring (bicyclic) bond motifs is 1. The van der Waals surface area contributed by atoms with Gasteiger partial charge in [0.25, 0.3) is 0 Å². The van der Waals surface area contributed by atoms with Crippen LogP contribution in [0.4, 0.5) is 0 Å². The van der Waals surface area contributed by atoms with Gasteiger partial charge < -0.3 is 20.7 Å². The van der Waals surface area contributed by atoms with E-state index in [1.54, 1.807) is 28.1 Å². The van der Waals surface area contributed by atoms with Crippen LogP contribution in [-0.2, 0) is 14.4 Å². The van der Waals surface area contributed by atoms with Crippen molar-refractivity contribution in [3.8, 4) is 5.75 Å². The molecule has 0 aliphatic carbocycles. The van der Waals surface area contributed by atoms with Gasteiger partial charge in [-0.1, -0.05) is 43.0 Å². The molecule has 0 radical (unpaired) electrons. The molecule has 2 amide bonds. The van der Waals surface area contributed by atoms with Gasteiger partial charge in [0.05, 0.1) is 13.0 Å². The number of rotatable bonds is 7. The summed E-state index contributed by atoms with van der Waals surface area (Å²) in [5.74, 6) is -1.15. The molecule has 0 aliphatic rings. The smallest absolute Gasteiger partial charge is 0.250 e. The van der Waals surface area contributed by atoms with E-state index < -0.39 is 23.8 Å². The third-order valence-electron chi connectivity index (χ3n) is 4.91. The highest BCUT2D eigenvalue weighted by atomic mass is 32.2. The molecule has 1 unspecified atom stereocenters. The van der Waals surface area contributed by atoms with Gasteiger partial charge in [-0.05, 0) is 28.5 Å². The largest absolute Gasteiger partial charge is 0.497 e. The first-order valence-corrected chi connectivity index (χ1v) is 11.4. The minimum Gasteiger partial charge on any atom is -0.497 e. The number of aliphatic imine (C=N–C) groups is 1. The Morgan fingerprint density at radius 2 is 1.82 bits per heavy atom. The van der Waals surface area contributed by atoms with E-state index in [9.17, 15) is 14.4 Å². The van der Waals surface area contributed by atoms with Crippen LogP contribution in [0.3, 0.4) is 0 Å². The number of thioether (sulfide) groups is 1. The van der Waals surface area contributed by atoms with Crippen molar-refractivity contribution in [1.29, 1.82) is 5.41 Å². The molecular formula is C23H30N6O4S. The SMILES string of the molecule is COc1ccc2cc([C@@H](C)C(=O)SCC(NC(C)=O)C(=O)N/C(N)=N/C(=N)N(C)C)ccc2c1. The number of amides is 2. The predicted molar refractivity (Wildman–Crippen MR) is 135 cm³/mol. The lowest BCUT2D eigenvalue weighted by molar-refractivity contribution is -0.126. The number of nitrogens with zero attached hydrogens (tertiary/aromatic N) is 2. The maximum Gasteiger partial charge on any atom is 0.250 e. The topological polar surface area (TPSA) is 150 Å². The van der Waals surface area contributed by atoms with Crippen molar-refractivity contribution in [3.05, 3.63) is 42.0 Å². The summed E-state index contributed by atoms with van der Waals surface area (Å²) in [6.07, 6.45) is 0. The number of benzene rings is 2. The number of guanidine groups is 2. The Balaban J connectivity index is 2.07. The zero-order valence-electron chi connectivity index (χ0n) is 19.8. The molecule has 0 fully saturated rings. The second-order valence-electron chi connectivity index (χ2n) is 7.78. The fraction of sp³-hybridized carbons (Fsp3) is 0.348. The van der Waals surface area contributed by atoms with Gasteiger partial charge >= 0.3 is 0 Å². The maximum atomic E-state index is 12.9. The molecule has 0 aliphatic heterocycles. The Hall–Kier alpha value is -3.60. The fourth-order valence-electron chi connectivity index (χ4n) is 2.95. The van der Waals surface area contributed by atoms with E-state index in [0.29, 0.717) is 0 Å². The lowest BCUT2D eigenvalue weighted by atomic mass is 9.99. The second kappa shape index (κ2) is 12.0. The van der Waals surface area contributed by atoms with E-state index >= 15 is 0 Å². The van der Waals surface area contributed by atoms with Gasteiger partial charge in [-0.15, -0.1) is 0 Å². The first-order valence-electron chi connectivity index (χ1n) is 10.4. The Bertz CT molecular complexity index is 1120. The van der Waals surface area contributed by atoms with Crippen molar-refractivity contribution in [2.24, 2.45) is 10.7 Å². The van der Waals surface area contributed by atoms with Crippen LogP contribution in [0.2, 0.25) is 0 Å². The molecule has 0 saturated heterocycles. The van der Waals surface area contributed by atoms with Crippen LogP contribution in [0.5, 0.6) is 5.75 Å². The minimum atomic E-state index is -1.01. The van der Waals surface area contributed by atoms with Crippen LogP contribution < -0.4 is 21.1 Å². The standard InChI is InChI=1S/C23H30N6O4S/c1-13(15-6-7-17-11-18(33-5)9-8-16(17)10-15)21(32)34-12-19(26-14(2)30)20(31)27-22(24)28-23(25)29(3)4/h6-11,13,19H,12H2,1-5H3,(H,26,30)(H4,24,25,27,28,31)/t13-,19?/m1/s1. The number of carbonyl (C=O) groups excluding carboxylic acids is 3.